The van der Waals surface area contributed by atoms with Crippen molar-refractivity contribution in [2.75, 3.05) is 26.4 Å². The zero-order chi connectivity index (χ0) is 24.2. The van der Waals surface area contributed by atoms with E-state index >= 15 is 4.39 Å². The largest absolute Gasteiger partial charge is 0.490 e. The van der Waals surface area contributed by atoms with Gasteiger partial charge in [-0.15, -0.1) is 0 Å². The number of hydrogen-bond donors (Lipinski definition) is 2. The van der Waals surface area contributed by atoms with Crippen molar-refractivity contribution >= 4 is 0 Å². The summed E-state index contributed by atoms with van der Waals surface area (Å²) in [6.07, 6.45) is 5.70. The van der Waals surface area contributed by atoms with Crippen LogP contribution in [0.25, 0.3) is 22.3 Å². The molecule has 5 heteroatoms. The van der Waals surface area contributed by atoms with Gasteiger partial charge in [-0.1, -0.05) is 62.2 Å². The fraction of sp³-hybridized carbons (Fsp3) is 0.379. The summed E-state index contributed by atoms with van der Waals surface area (Å²) in [7, 11) is 0. The molecule has 0 aromatic heterocycles. The number of halogens is 1. The molecule has 3 rings (SSSR count). The second kappa shape index (κ2) is 13.7. The summed E-state index contributed by atoms with van der Waals surface area (Å²) in [5.74, 6) is 0.719. The van der Waals surface area contributed by atoms with E-state index in [4.69, 9.17) is 19.7 Å². The minimum Gasteiger partial charge on any atom is -0.490 e. The molecule has 3 aromatic rings. The Morgan fingerprint density at radius 1 is 0.676 bits per heavy atom. The van der Waals surface area contributed by atoms with Gasteiger partial charge in [0.1, 0.15) is 5.82 Å². The van der Waals surface area contributed by atoms with E-state index < -0.39 is 0 Å². The third kappa shape index (κ3) is 7.31. The highest BCUT2D eigenvalue weighted by molar-refractivity contribution is 5.72. The fourth-order valence-electron chi connectivity index (χ4n) is 3.77. The summed E-state index contributed by atoms with van der Waals surface area (Å²) < 4.78 is 26.6. The summed E-state index contributed by atoms with van der Waals surface area (Å²) >= 11 is 0. The molecule has 0 atom stereocenters. The molecule has 0 aliphatic heterocycles. The van der Waals surface area contributed by atoms with Crippen molar-refractivity contribution in [3.8, 4) is 33.8 Å². The lowest BCUT2D eigenvalue weighted by Gasteiger charge is -2.15. The predicted molar refractivity (Wildman–Crippen MR) is 135 cm³/mol. The van der Waals surface area contributed by atoms with Gasteiger partial charge in [0.05, 0.1) is 13.2 Å². The molecular formula is C29H35FO4. The van der Waals surface area contributed by atoms with Gasteiger partial charge in [0.2, 0.25) is 0 Å². The number of rotatable bonds is 14. The van der Waals surface area contributed by atoms with Crippen LogP contribution in [0.5, 0.6) is 11.5 Å². The lowest BCUT2D eigenvalue weighted by atomic mass is 9.98. The third-order valence-electron chi connectivity index (χ3n) is 5.70. The predicted octanol–water partition coefficient (Wildman–Crippen LogP) is 6.41. The van der Waals surface area contributed by atoms with Crippen molar-refractivity contribution < 1.29 is 24.1 Å². The minimum atomic E-state index is -0.306. The highest BCUT2D eigenvalue weighted by Crippen LogP contribution is 2.35. The van der Waals surface area contributed by atoms with E-state index in [-0.39, 0.29) is 19.0 Å². The van der Waals surface area contributed by atoms with Crippen LogP contribution in [0.2, 0.25) is 0 Å². The van der Waals surface area contributed by atoms with Crippen molar-refractivity contribution in [3.05, 3.63) is 72.0 Å². The van der Waals surface area contributed by atoms with Gasteiger partial charge in [-0.05, 0) is 53.3 Å². The van der Waals surface area contributed by atoms with Gasteiger partial charge in [-0.25, -0.2) is 4.39 Å². The van der Waals surface area contributed by atoms with Crippen LogP contribution in [-0.4, -0.2) is 36.6 Å². The lowest BCUT2D eigenvalue weighted by Crippen LogP contribution is -2.05. The van der Waals surface area contributed by atoms with Crippen LogP contribution in [0.15, 0.2) is 60.7 Å². The second-order valence-corrected chi connectivity index (χ2v) is 8.36. The molecule has 34 heavy (non-hydrogen) atoms. The molecule has 3 aromatic carbocycles. The first kappa shape index (κ1) is 25.7. The monoisotopic (exact) mass is 466 g/mol. The van der Waals surface area contributed by atoms with Crippen molar-refractivity contribution in [1.29, 1.82) is 0 Å². The molecule has 0 radical (unpaired) electrons. The lowest BCUT2D eigenvalue weighted by molar-refractivity contribution is 0.211. The second-order valence-electron chi connectivity index (χ2n) is 8.36. The maximum absolute atomic E-state index is 15.2. The molecule has 0 heterocycles. The number of benzene rings is 3. The molecule has 0 bridgehead atoms. The van der Waals surface area contributed by atoms with E-state index in [0.29, 0.717) is 48.7 Å². The Hall–Kier alpha value is -2.89. The Morgan fingerprint density at radius 2 is 1.32 bits per heavy atom. The minimum absolute atomic E-state index is 0.0240. The Labute approximate surface area is 202 Å². The standard InChI is InChI=1S/C29H35FO4/c1-2-3-4-7-22-8-10-23(11-9-22)24-12-14-26(27(30)20-24)25-13-15-28(33-18-5-16-31)29(21-25)34-19-6-17-32/h8-15,20-21,31-32H,2-7,16-19H2,1H3. The van der Waals surface area contributed by atoms with Crippen LogP contribution in [0.1, 0.15) is 44.6 Å². The van der Waals surface area contributed by atoms with Gasteiger partial charge < -0.3 is 19.7 Å². The van der Waals surface area contributed by atoms with E-state index in [1.165, 1.54) is 24.8 Å². The first-order valence-electron chi connectivity index (χ1n) is 12.2. The molecule has 4 nitrogen and oxygen atoms in total. The van der Waals surface area contributed by atoms with Crippen LogP contribution in [-0.2, 0) is 6.42 Å². The van der Waals surface area contributed by atoms with Gasteiger partial charge in [0.25, 0.3) is 0 Å². The van der Waals surface area contributed by atoms with Crippen molar-refractivity contribution in [2.24, 2.45) is 0 Å². The fourth-order valence-corrected chi connectivity index (χ4v) is 3.77. The van der Waals surface area contributed by atoms with Crippen LogP contribution in [0.3, 0.4) is 0 Å². The Bertz CT molecular complexity index is 1020. The highest BCUT2D eigenvalue weighted by atomic mass is 19.1. The number of aliphatic hydroxyl groups is 2. The van der Waals surface area contributed by atoms with Gasteiger partial charge >= 0.3 is 0 Å². The molecule has 0 spiro atoms. The summed E-state index contributed by atoms with van der Waals surface area (Å²) in [4.78, 5) is 0. The summed E-state index contributed by atoms with van der Waals surface area (Å²) in [5, 5.41) is 18.0. The number of aliphatic hydroxyl groups excluding tert-OH is 2. The van der Waals surface area contributed by atoms with Crippen molar-refractivity contribution in [1.82, 2.24) is 0 Å². The van der Waals surface area contributed by atoms with E-state index in [0.717, 1.165) is 17.5 Å². The van der Waals surface area contributed by atoms with Crippen LogP contribution < -0.4 is 9.47 Å². The maximum atomic E-state index is 15.2. The van der Waals surface area contributed by atoms with Crippen LogP contribution >= 0.6 is 0 Å². The molecule has 2 N–H and O–H groups in total. The summed E-state index contributed by atoms with van der Waals surface area (Å²) in [6, 6.07) is 19.0. The van der Waals surface area contributed by atoms with E-state index in [1.54, 1.807) is 30.3 Å². The van der Waals surface area contributed by atoms with Gasteiger partial charge in [-0.2, -0.15) is 0 Å². The zero-order valence-corrected chi connectivity index (χ0v) is 19.9. The average molecular weight is 467 g/mol. The van der Waals surface area contributed by atoms with Gasteiger partial charge in [0.15, 0.2) is 11.5 Å². The SMILES string of the molecule is CCCCCc1ccc(-c2ccc(-c3ccc(OCCCO)c(OCCCO)c3)c(F)c2)cc1. The van der Waals surface area contributed by atoms with Gasteiger partial charge in [-0.3, -0.25) is 0 Å². The molecule has 0 aliphatic carbocycles. The number of ether oxygens (including phenoxy) is 2. The molecule has 0 amide bonds. The maximum Gasteiger partial charge on any atom is 0.161 e. The third-order valence-corrected chi connectivity index (χ3v) is 5.70. The molecule has 0 saturated carbocycles. The smallest absolute Gasteiger partial charge is 0.161 e. The summed E-state index contributed by atoms with van der Waals surface area (Å²) in [5.41, 5.74) is 4.30. The average Bonchev–Trinajstić information content (AvgIpc) is 2.86. The first-order chi connectivity index (χ1) is 16.7. The van der Waals surface area contributed by atoms with Crippen molar-refractivity contribution in [3.63, 3.8) is 0 Å². The quantitative estimate of drug-likeness (QED) is 0.269. The van der Waals surface area contributed by atoms with Crippen LogP contribution in [0.4, 0.5) is 4.39 Å². The molecule has 0 saturated heterocycles. The molecule has 0 unspecified atom stereocenters. The molecule has 0 fully saturated rings. The van der Waals surface area contributed by atoms with E-state index in [9.17, 15) is 0 Å². The molecule has 182 valence electrons. The number of hydrogen-bond acceptors (Lipinski definition) is 4. The number of aryl methyl sites for hydroxylation is 1. The summed E-state index contributed by atoms with van der Waals surface area (Å²) in [6.45, 7) is 2.95. The van der Waals surface area contributed by atoms with Crippen molar-refractivity contribution in [2.45, 2.75) is 45.4 Å². The molecular weight excluding hydrogens is 431 g/mol. The highest BCUT2D eigenvalue weighted by Gasteiger charge is 2.12. The Morgan fingerprint density at radius 3 is 1.97 bits per heavy atom. The van der Waals surface area contributed by atoms with E-state index in [1.807, 2.05) is 6.07 Å². The Kier molecular flexibility index (Phi) is 10.4. The number of unbranched alkanes of at least 4 members (excludes halogenated alkanes) is 2. The van der Waals surface area contributed by atoms with Crippen LogP contribution in [0, 0.1) is 5.82 Å². The topological polar surface area (TPSA) is 58.9 Å². The van der Waals surface area contributed by atoms with E-state index in [2.05, 4.69) is 31.2 Å². The molecule has 0 aliphatic rings. The first-order valence-corrected chi connectivity index (χ1v) is 12.2. The normalized spacial score (nSPS) is 10.9. The zero-order valence-electron chi connectivity index (χ0n) is 19.9. The van der Waals surface area contributed by atoms with Gasteiger partial charge in [0, 0.05) is 31.6 Å². The Balaban J connectivity index is 1.79.